The van der Waals surface area contributed by atoms with Crippen LogP contribution < -0.4 is 10.6 Å². The molecule has 1 aromatic carbocycles. The van der Waals surface area contributed by atoms with Crippen molar-refractivity contribution in [2.45, 2.75) is 33.2 Å². The molecule has 8 heteroatoms. The molecule has 1 aliphatic heterocycles. The predicted octanol–water partition coefficient (Wildman–Crippen LogP) is 4.38. The lowest BCUT2D eigenvalue weighted by Gasteiger charge is -2.30. The van der Waals surface area contributed by atoms with Gasteiger partial charge in [0.15, 0.2) is 0 Å². The van der Waals surface area contributed by atoms with E-state index < -0.39 is 0 Å². The van der Waals surface area contributed by atoms with Crippen molar-refractivity contribution in [1.82, 2.24) is 9.47 Å². The van der Waals surface area contributed by atoms with Gasteiger partial charge in [0.05, 0.1) is 18.7 Å². The topological polar surface area (TPSA) is 90.2 Å². The summed E-state index contributed by atoms with van der Waals surface area (Å²) in [7, 11) is 0. The van der Waals surface area contributed by atoms with Crippen molar-refractivity contribution in [3.63, 3.8) is 0 Å². The fourth-order valence-electron chi connectivity index (χ4n) is 4.38. The minimum Gasteiger partial charge on any atom is -0.326 e. The van der Waals surface area contributed by atoms with Crippen LogP contribution in [0, 0.1) is 31.1 Å². The largest absolute Gasteiger partial charge is 0.326 e. The Morgan fingerprint density at radius 2 is 1.82 bits per heavy atom. The number of rotatable bonds is 7. The summed E-state index contributed by atoms with van der Waals surface area (Å²) in [5.74, 6) is 0.394. The normalized spacial score (nSPS) is 14.5. The summed E-state index contributed by atoms with van der Waals surface area (Å²) >= 11 is 1.65. The highest BCUT2D eigenvalue weighted by molar-refractivity contribution is 7.09. The molecule has 3 aromatic rings. The Labute approximate surface area is 204 Å². The summed E-state index contributed by atoms with van der Waals surface area (Å²) in [4.78, 5) is 28.7. The zero-order valence-electron chi connectivity index (χ0n) is 19.5. The fourth-order valence-corrected chi connectivity index (χ4v) is 5.07. The third kappa shape index (κ3) is 5.38. The van der Waals surface area contributed by atoms with E-state index in [1.54, 1.807) is 11.3 Å². The number of likely N-dealkylation sites (tertiary alicyclic amines) is 1. The third-order valence-corrected chi connectivity index (χ3v) is 7.32. The number of nitriles is 1. The van der Waals surface area contributed by atoms with Crippen molar-refractivity contribution in [3.05, 3.63) is 69.5 Å². The highest BCUT2D eigenvalue weighted by Gasteiger charge is 2.27. The molecule has 0 saturated carbocycles. The first-order valence-corrected chi connectivity index (χ1v) is 12.3. The summed E-state index contributed by atoms with van der Waals surface area (Å²) in [6.45, 7) is 6.10. The van der Waals surface area contributed by atoms with Gasteiger partial charge in [-0.2, -0.15) is 5.26 Å². The zero-order valence-corrected chi connectivity index (χ0v) is 20.3. The van der Waals surface area contributed by atoms with Gasteiger partial charge in [0.1, 0.15) is 11.9 Å². The van der Waals surface area contributed by atoms with Gasteiger partial charge in [-0.05, 0) is 68.9 Å². The van der Waals surface area contributed by atoms with Crippen molar-refractivity contribution >= 4 is 34.7 Å². The zero-order chi connectivity index (χ0) is 24.1. The van der Waals surface area contributed by atoms with E-state index >= 15 is 0 Å². The van der Waals surface area contributed by atoms with E-state index in [9.17, 15) is 14.9 Å². The van der Waals surface area contributed by atoms with Crippen molar-refractivity contribution in [1.29, 1.82) is 5.26 Å². The molecule has 0 aliphatic carbocycles. The van der Waals surface area contributed by atoms with E-state index in [4.69, 9.17) is 0 Å². The highest BCUT2D eigenvalue weighted by atomic mass is 32.1. The first-order chi connectivity index (χ1) is 16.5. The highest BCUT2D eigenvalue weighted by Crippen LogP contribution is 2.28. The van der Waals surface area contributed by atoms with Gasteiger partial charge in [-0.3, -0.25) is 14.5 Å². The van der Waals surface area contributed by atoms with Crippen LogP contribution in [-0.4, -0.2) is 40.9 Å². The number of anilines is 2. The molecule has 34 heavy (non-hydrogen) atoms. The molecular weight excluding hydrogens is 446 g/mol. The molecule has 0 bridgehead atoms. The number of hydrogen-bond acceptors (Lipinski definition) is 5. The van der Waals surface area contributed by atoms with Crippen LogP contribution in [0.25, 0.3) is 0 Å². The molecule has 1 aliphatic rings. The lowest BCUT2D eigenvalue weighted by atomic mass is 9.96. The van der Waals surface area contributed by atoms with E-state index in [0.29, 0.717) is 43.9 Å². The Hall–Kier alpha value is -3.41. The van der Waals surface area contributed by atoms with E-state index in [-0.39, 0.29) is 24.3 Å². The molecule has 0 spiro atoms. The molecule has 4 rings (SSSR count). The molecule has 176 valence electrons. The Bertz CT molecular complexity index is 1190. The van der Waals surface area contributed by atoms with Crippen LogP contribution >= 0.6 is 11.3 Å². The maximum Gasteiger partial charge on any atom is 0.239 e. The average molecular weight is 476 g/mol. The molecular formula is C26H29N5O2S. The van der Waals surface area contributed by atoms with Crippen LogP contribution in [0.4, 0.5) is 11.5 Å². The minimum atomic E-state index is -0.145. The van der Waals surface area contributed by atoms with E-state index in [1.165, 1.54) is 0 Å². The van der Waals surface area contributed by atoms with Crippen LogP contribution in [-0.2, 0) is 16.1 Å². The van der Waals surface area contributed by atoms with E-state index in [1.807, 2.05) is 60.2 Å². The number of carbonyl (C=O) groups is 2. The summed E-state index contributed by atoms with van der Waals surface area (Å²) in [5.41, 5.74) is 3.18. The Balaban J connectivity index is 1.35. The van der Waals surface area contributed by atoms with Gasteiger partial charge in [0.2, 0.25) is 11.8 Å². The van der Waals surface area contributed by atoms with Gasteiger partial charge in [-0.25, -0.2) is 0 Å². The standard InChI is InChI=1S/C26H29N5O2S/c1-18-19(2)31(16-22-9-6-14-34-22)25(23(18)15-27)29-24(32)17-30-12-10-20(11-13-30)26(33)28-21-7-4-3-5-8-21/h3-9,14,20H,10-13,16-17H2,1-2H3,(H,28,33)(H,29,32). The molecule has 7 nitrogen and oxygen atoms in total. The molecule has 3 heterocycles. The molecule has 1 saturated heterocycles. The third-order valence-electron chi connectivity index (χ3n) is 6.46. The van der Waals surface area contributed by atoms with Crippen LogP contribution in [0.1, 0.15) is 34.5 Å². The Kier molecular flexibility index (Phi) is 7.46. The monoisotopic (exact) mass is 475 g/mol. The SMILES string of the molecule is Cc1c(C#N)c(NC(=O)CN2CCC(C(=O)Nc3ccccc3)CC2)n(Cc2cccs2)c1C. The molecule has 0 radical (unpaired) electrons. The number of carbonyl (C=O) groups excluding carboxylic acids is 2. The number of benzene rings is 1. The van der Waals surface area contributed by atoms with Gasteiger partial charge >= 0.3 is 0 Å². The number of amides is 2. The summed E-state index contributed by atoms with van der Waals surface area (Å²) in [6, 6.07) is 15.8. The minimum absolute atomic E-state index is 0.0336. The summed E-state index contributed by atoms with van der Waals surface area (Å²) in [6.07, 6.45) is 1.42. The Morgan fingerprint density at radius 1 is 1.09 bits per heavy atom. The van der Waals surface area contributed by atoms with Crippen molar-refractivity contribution < 1.29 is 9.59 Å². The second-order valence-electron chi connectivity index (χ2n) is 8.67. The molecule has 2 aromatic heterocycles. The quantitative estimate of drug-likeness (QED) is 0.531. The van der Waals surface area contributed by atoms with Gasteiger partial charge in [-0.15, -0.1) is 11.3 Å². The smallest absolute Gasteiger partial charge is 0.239 e. The molecule has 0 atom stereocenters. The van der Waals surface area contributed by atoms with Gasteiger partial charge in [0.25, 0.3) is 0 Å². The van der Waals surface area contributed by atoms with Crippen LogP contribution in [0.3, 0.4) is 0 Å². The van der Waals surface area contributed by atoms with Gasteiger partial charge in [0, 0.05) is 22.2 Å². The van der Waals surface area contributed by atoms with E-state index in [2.05, 4.69) is 27.7 Å². The number of nitrogens with one attached hydrogen (secondary N) is 2. The number of thiophene rings is 1. The Morgan fingerprint density at radius 3 is 2.47 bits per heavy atom. The fraction of sp³-hybridized carbons (Fsp3) is 0.346. The van der Waals surface area contributed by atoms with Crippen LogP contribution in [0.5, 0.6) is 0 Å². The first kappa shape index (κ1) is 23.7. The lowest BCUT2D eigenvalue weighted by Crippen LogP contribution is -2.42. The van der Waals surface area contributed by atoms with E-state index in [0.717, 1.165) is 21.8 Å². The average Bonchev–Trinajstić information content (AvgIpc) is 3.43. The second kappa shape index (κ2) is 10.7. The maximum atomic E-state index is 12.9. The number of piperidine rings is 1. The summed E-state index contributed by atoms with van der Waals surface area (Å²) < 4.78 is 2.01. The first-order valence-electron chi connectivity index (χ1n) is 11.5. The van der Waals surface area contributed by atoms with Crippen molar-refractivity contribution in [3.8, 4) is 6.07 Å². The van der Waals surface area contributed by atoms with Crippen LogP contribution in [0.2, 0.25) is 0 Å². The second-order valence-corrected chi connectivity index (χ2v) is 9.70. The summed E-state index contributed by atoms with van der Waals surface area (Å²) in [5, 5.41) is 17.7. The molecule has 1 fully saturated rings. The number of para-hydroxylation sites is 1. The number of aromatic nitrogens is 1. The van der Waals surface area contributed by atoms with Crippen LogP contribution in [0.15, 0.2) is 47.8 Å². The molecule has 2 N–H and O–H groups in total. The maximum absolute atomic E-state index is 12.9. The number of hydrogen-bond donors (Lipinski definition) is 2. The van der Waals surface area contributed by atoms with Gasteiger partial charge < -0.3 is 15.2 Å². The predicted molar refractivity (Wildman–Crippen MR) is 135 cm³/mol. The molecule has 2 amide bonds. The lowest BCUT2D eigenvalue weighted by molar-refractivity contribution is -0.121. The number of nitrogens with zero attached hydrogens (tertiary/aromatic N) is 3. The van der Waals surface area contributed by atoms with Crippen molar-refractivity contribution in [2.75, 3.05) is 30.3 Å². The molecule has 0 unspecified atom stereocenters. The van der Waals surface area contributed by atoms with Crippen molar-refractivity contribution in [2.24, 2.45) is 5.92 Å². The van der Waals surface area contributed by atoms with Gasteiger partial charge in [-0.1, -0.05) is 24.3 Å².